The Balaban J connectivity index is 0.000000261. The van der Waals surface area contributed by atoms with E-state index in [-0.39, 0.29) is 0 Å². The van der Waals surface area contributed by atoms with Crippen molar-refractivity contribution in [3.05, 3.63) is 24.3 Å². The van der Waals surface area contributed by atoms with Gasteiger partial charge in [0.1, 0.15) is 0 Å². The Morgan fingerprint density at radius 2 is 1.75 bits per heavy atom. The number of benzene rings is 1. The zero-order chi connectivity index (χ0) is 9.56. The van der Waals surface area contributed by atoms with Gasteiger partial charge in [0.15, 0.2) is 0 Å². The van der Waals surface area contributed by atoms with E-state index in [2.05, 4.69) is 12.1 Å². The van der Waals surface area contributed by atoms with Gasteiger partial charge in [-0.3, -0.25) is 4.79 Å². The van der Waals surface area contributed by atoms with Crippen molar-refractivity contribution in [3.8, 4) is 0 Å². The number of nitrogens with two attached hydrogens (primary N) is 1. The first kappa shape index (κ1) is 11.4. The number of carbonyl (C=O) groups is 1. The summed E-state index contributed by atoms with van der Waals surface area (Å²) < 4.78 is 1.44. The molecule has 1 aromatic rings. The van der Waals surface area contributed by atoms with Crippen LogP contribution in [0.15, 0.2) is 24.3 Å². The van der Waals surface area contributed by atoms with E-state index in [1.54, 1.807) is 0 Å². The molecule has 0 aliphatic carbocycles. The summed E-state index contributed by atoms with van der Waals surface area (Å²) in [5.41, 5.74) is 6.31. The Hall–Kier alpha value is -0.575. The maximum absolute atomic E-state index is 9.00. The second kappa shape index (κ2) is 6.00. The molecule has 0 heterocycles. The molecule has 61 valence electrons. The number of anilines is 1. The van der Waals surface area contributed by atoms with Gasteiger partial charge < -0.3 is 5.11 Å². The fraction of sp³-hybridized carbons (Fsp3) is 0.125. The fourth-order valence-electron chi connectivity index (χ4n) is 0.518. The van der Waals surface area contributed by atoms with Gasteiger partial charge in [0.2, 0.25) is 0 Å². The summed E-state index contributed by atoms with van der Waals surface area (Å²) >= 11 is 0.746. The molecule has 0 aromatic heterocycles. The molecule has 0 aliphatic rings. The molecule has 0 atom stereocenters. The molecule has 4 heteroatoms. The molecule has 0 saturated carbocycles. The first-order chi connectivity index (χ1) is 5.52. The minimum absolute atomic E-state index is 0.746. The second-order valence-corrected chi connectivity index (χ2v) is 5.43. The van der Waals surface area contributed by atoms with Crippen LogP contribution < -0.4 is 8.81 Å². The standard InChI is InChI=1S/C6H6N.C2H4O2.Hg/c7-6-4-2-1-3-5-6;1-2(3)4;/h2-5H,7H2;1H3,(H,3,4);. The average molecular weight is 353 g/mol. The van der Waals surface area contributed by atoms with Crippen LogP contribution in [0.1, 0.15) is 6.92 Å². The number of hydrogen-bond donors (Lipinski definition) is 2. The summed E-state index contributed by atoms with van der Waals surface area (Å²) in [7, 11) is 0. The molecule has 3 N–H and O–H groups in total. The van der Waals surface area contributed by atoms with Gasteiger partial charge in [-0.25, -0.2) is 0 Å². The minimum atomic E-state index is -0.833. The molecular formula is C8H10HgNO2. The van der Waals surface area contributed by atoms with E-state index in [1.165, 1.54) is 3.07 Å². The van der Waals surface area contributed by atoms with E-state index in [1.807, 2.05) is 12.1 Å². The number of rotatable bonds is 0. The Kier molecular flexibility index (Phi) is 5.71. The molecular weight excluding hydrogens is 343 g/mol. The van der Waals surface area contributed by atoms with Gasteiger partial charge in [-0.05, 0) is 0 Å². The van der Waals surface area contributed by atoms with Gasteiger partial charge in [-0.1, -0.05) is 0 Å². The van der Waals surface area contributed by atoms with E-state index in [0.717, 1.165) is 38.7 Å². The van der Waals surface area contributed by atoms with E-state index in [9.17, 15) is 0 Å². The van der Waals surface area contributed by atoms with Crippen molar-refractivity contribution in [1.82, 2.24) is 0 Å². The third-order valence-electron chi connectivity index (χ3n) is 0.980. The normalized spacial score (nSPS) is 8.25. The summed E-state index contributed by atoms with van der Waals surface area (Å²) in [5.74, 6) is -0.833. The van der Waals surface area contributed by atoms with Crippen LogP contribution in [-0.4, -0.2) is 11.1 Å². The van der Waals surface area contributed by atoms with Gasteiger partial charge in [0.05, 0.1) is 0 Å². The Morgan fingerprint density at radius 3 is 2.00 bits per heavy atom. The van der Waals surface area contributed by atoms with Crippen LogP contribution in [0.2, 0.25) is 0 Å². The van der Waals surface area contributed by atoms with E-state index >= 15 is 0 Å². The zero-order valence-electron chi connectivity index (χ0n) is 6.95. The van der Waals surface area contributed by atoms with Gasteiger partial charge in [-0.2, -0.15) is 0 Å². The number of nitrogen functional groups attached to an aromatic ring is 1. The van der Waals surface area contributed by atoms with Crippen LogP contribution in [-0.2, 0) is 30.9 Å². The summed E-state index contributed by atoms with van der Waals surface area (Å²) in [4.78, 5) is 9.00. The average Bonchev–Trinajstić information content (AvgIpc) is 1.94. The molecule has 0 unspecified atom stereocenters. The molecule has 0 bridgehead atoms. The zero-order valence-corrected chi connectivity index (χ0v) is 12.4. The third kappa shape index (κ3) is 7.53. The molecule has 3 nitrogen and oxygen atoms in total. The molecule has 1 rings (SSSR count). The summed E-state index contributed by atoms with van der Waals surface area (Å²) in [6.45, 7) is 1.08. The Labute approximate surface area is 87.6 Å². The summed E-state index contributed by atoms with van der Waals surface area (Å²) in [5, 5.41) is 7.42. The number of carboxylic acids is 1. The summed E-state index contributed by atoms with van der Waals surface area (Å²) in [6, 6.07) is 8.06. The second-order valence-electron chi connectivity index (χ2n) is 2.26. The molecule has 0 radical (unpaired) electrons. The molecule has 0 amide bonds. The first-order valence-corrected chi connectivity index (χ1v) is 6.14. The van der Waals surface area contributed by atoms with Crippen molar-refractivity contribution in [1.29, 1.82) is 0 Å². The van der Waals surface area contributed by atoms with Crippen LogP contribution in [0.5, 0.6) is 0 Å². The van der Waals surface area contributed by atoms with E-state index in [0.29, 0.717) is 0 Å². The SMILES string of the molecule is CC(=O)O.Nc1cc[c]([Hg])cc1. The quantitative estimate of drug-likeness (QED) is 0.529. The van der Waals surface area contributed by atoms with Crippen LogP contribution in [0.4, 0.5) is 5.69 Å². The van der Waals surface area contributed by atoms with Crippen LogP contribution in [0, 0.1) is 0 Å². The molecule has 0 aliphatic heterocycles. The summed E-state index contributed by atoms with van der Waals surface area (Å²) in [6.07, 6.45) is 0. The number of hydrogen-bond acceptors (Lipinski definition) is 2. The first-order valence-electron chi connectivity index (χ1n) is 3.39. The third-order valence-corrected chi connectivity index (χ3v) is 2.81. The van der Waals surface area contributed by atoms with Gasteiger partial charge >= 0.3 is 64.9 Å². The van der Waals surface area contributed by atoms with Crippen molar-refractivity contribution in [2.75, 3.05) is 5.73 Å². The molecule has 1 aromatic carbocycles. The van der Waals surface area contributed by atoms with E-state index in [4.69, 9.17) is 15.6 Å². The molecule has 0 spiro atoms. The number of aliphatic carboxylic acids is 1. The van der Waals surface area contributed by atoms with Gasteiger partial charge in [0.25, 0.3) is 5.97 Å². The predicted molar refractivity (Wildman–Crippen MR) is 43.8 cm³/mol. The van der Waals surface area contributed by atoms with Crippen LogP contribution >= 0.6 is 0 Å². The van der Waals surface area contributed by atoms with Gasteiger partial charge in [-0.15, -0.1) is 0 Å². The van der Waals surface area contributed by atoms with E-state index < -0.39 is 5.97 Å². The van der Waals surface area contributed by atoms with Crippen LogP contribution in [0.3, 0.4) is 0 Å². The predicted octanol–water partition coefficient (Wildman–Crippen LogP) is 0.532. The monoisotopic (exact) mass is 354 g/mol. The van der Waals surface area contributed by atoms with Crippen molar-refractivity contribution in [3.63, 3.8) is 0 Å². The Bertz CT molecular complexity index is 221. The maximum atomic E-state index is 9.00. The number of carboxylic acid groups (broad SMARTS) is 1. The van der Waals surface area contributed by atoms with Gasteiger partial charge in [0, 0.05) is 6.92 Å². The van der Waals surface area contributed by atoms with Crippen molar-refractivity contribution in [2.45, 2.75) is 6.92 Å². The fourth-order valence-corrected chi connectivity index (χ4v) is 1.43. The molecule has 12 heavy (non-hydrogen) atoms. The molecule has 0 fully saturated rings. The van der Waals surface area contributed by atoms with Crippen LogP contribution in [0.25, 0.3) is 0 Å². The molecule has 0 saturated heterocycles. The van der Waals surface area contributed by atoms with Crippen molar-refractivity contribution >= 4 is 14.7 Å². The topological polar surface area (TPSA) is 63.3 Å². The Morgan fingerprint density at radius 1 is 1.42 bits per heavy atom. The van der Waals surface area contributed by atoms with Crippen molar-refractivity contribution in [2.24, 2.45) is 0 Å². The van der Waals surface area contributed by atoms with Crippen molar-refractivity contribution < 1.29 is 36.0 Å².